The van der Waals surface area contributed by atoms with Gasteiger partial charge in [-0.05, 0) is 25.6 Å². The Morgan fingerprint density at radius 2 is 1.89 bits per heavy atom. The highest BCUT2D eigenvalue weighted by atomic mass is 16.7. The fourth-order valence-electron chi connectivity index (χ4n) is 3.29. The van der Waals surface area contributed by atoms with Gasteiger partial charge in [0.15, 0.2) is 11.5 Å². The van der Waals surface area contributed by atoms with E-state index in [-0.39, 0.29) is 12.7 Å². The molecule has 27 heavy (non-hydrogen) atoms. The van der Waals surface area contributed by atoms with Crippen LogP contribution in [0.5, 0.6) is 11.5 Å². The summed E-state index contributed by atoms with van der Waals surface area (Å²) in [5.41, 5.74) is 1.23. The molecular formula is C19H23N5O3. The van der Waals surface area contributed by atoms with Crippen molar-refractivity contribution in [2.75, 3.05) is 44.8 Å². The molecule has 1 N–H and O–H groups in total. The largest absolute Gasteiger partial charge is 0.454 e. The number of carbonyl (C=O) groups excluding carboxylic acids is 1. The molecule has 1 amide bonds. The average Bonchev–Trinajstić information content (AvgIpc) is 3.15. The molecule has 0 atom stereocenters. The van der Waals surface area contributed by atoms with E-state index < -0.39 is 0 Å². The first kappa shape index (κ1) is 17.5. The highest BCUT2D eigenvalue weighted by Crippen LogP contribution is 2.35. The summed E-state index contributed by atoms with van der Waals surface area (Å²) in [5.74, 6) is 2.50. The summed E-state index contributed by atoms with van der Waals surface area (Å²) in [5, 5.41) is 3.22. The Kier molecular flexibility index (Phi) is 4.81. The van der Waals surface area contributed by atoms with Crippen LogP contribution in [0.25, 0.3) is 0 Å². The molecule has 4 rings (SSSR count). The third kappa shape index (κ3) is 3.80. The van der Waals surface area contributed by atoms with Gasteiger partial charge in [-0.2, -0.15) is 0 Å². The summed E-state index contributed by atoms with van der Waals surface area (Å²) in [6.45, 7) is 8.41. The quantitative estimate of drug-likeness (QED) is 0.883. The average molecular weight is 369 g/mol. The van der Waals surface area contributed by atoms with Gasteiger partial charge in [-0.1, -0.05) is 6.92 Å². The van der Waals surface area contributed by atoms with Crippen LogP contribution in [-0.4, -0.2) is 65.2 Å². The van der Waals surface area contributed by atoms with Gasteiger partial charge in [-0.25, -0.2) is 9.97 Å². The number of benzene rings is 1. The maximum absolute atomic E-state index is 12.9. The molecule has 0 spiro atoms. The summed E-state index contributed by atoms with van der Waals surface area (Å²) in [7, 11) is 0. The number of amides is 1. The lowest BCUT2D eigenvalue weighted by Gasteiger charge is -2.33. The number of aryl methyl sites for hydroxylation is 1. The summed E-state index contributed by atoms with van der Waals surface area (Å²) in [4.78, 5) is 25.8. The molecule has 2 aromatic rings. The van der Waals surface area contributed by atoms with Crippen LogP contribution < -0.4 is 14.8 Å². The standard InChI is InChI=1S/C19H23N5O3/c1-3-23-6-8-24(9-7-23)19(25)15-11-18(21-13(2)20-15)22-14-4-5-16-17(10-14)27-12-26-16/h4-5,10-11H,3,6-9,12H2,1-2H3,(H,20,21,22). The van der Waals surface area contributed by atoms with Crippen molar-refractivity contribution in [3.8, 4) is 11.5 Å². The van der Waals surface area contributed by atoms with E-state index >= 15 is 0 Å². The number of ether oxygens (including phenoxy) is 2. The normalized spacial score (nSPS) is 16.4. The minimum absolute atomic E-state index is 0.0509. The van der Waals surface area contributed by atoms with E-state index in [4.69, 9.17) is 9.47 Å². The van der Waals surface area contributed by atoms with Gasteiger partial charge in [-0.15, -0.1) is 0 Å². The third-order valence-electron chi connectivity index (χ3n) is 4.81. The van der Waals surface area contributed by atoms with Crippen LogP contribution in [0, 0.1) is 6.92 Å². The van der Waals surface area contributed by atoms with Crippen molar-refractivity contribution in [1.29, 1.82) is 0 Å². The number of hydrogen-bond donors (Lipinski definition) is 1. The number of rotatable bonds is 4. The molecule has 1 aromatic heterocycles. The number of likely N-dealkylation sites (N-methyl/N-ethyl adjacent to an activating group) is 1. The number of aromatic nitrogens is 2. The minimum atomic E-state index is -0.0509. The molecule has 3 heterocycles. The second kappa shape index (κ2) is 7.40. The molecule has 0 unspecified atom stereocenters. The van der Waals surface area contributed by atoms with Gasteiger partial charge in [0.05, 0.1) is 0 Å². The van der Waals surface area contributed by atoms with Crippen LogP contribution >= 0.6 is 0 Å². The lowest BCUT2D eigenvalue weighted by molar-refractivity contribution is 0.0637. The van der Waals surface area contributed by atoms with E-state index in [9.17, 15) is 4.79 Å². The number of piperazine rings is 1. The smallest absolute Gasteiger partial charge is 0.272 e. The fraction of sp³-hybridized carbons (Fsp3) is 0.421. The number of carbonyl (C=O) groups is 1. The van der Waals surface area contributed by atoms with E-state index in [2.05, 4.69) is 27.1 Å². The number of anilines is 2. The van der Waals surface area contributed by atoms with Crippen LogP contribution in [-0.2, 0) is 0 Å². The Labute approximate surface area is 158 Å². The van der Waals surface area contributed by atoms with Crippen molar-refractivity contribution in [2.24, 2.45) is 0 Å². The number of hydrogen-bond acceptors (Lipinski definition) is 7. The van der Waals surface area contributed by atoms with E-state index in [0.29, 0.717) is 23.1 Å². The molecule has 0 saturated carbocycles. The highest BCUT2D eigenvalue weighted by molar-refractivity contribution is 5.93. The summed E-state index contributed by atoms with van der Waals surface area (Å²) >= 11 is 0. The maximum Gasteiger partial charge on any atom is 0.272 e. The molecule has 0 aliphatic carbocycles. The molecule has 8 heteroatoms. The van der Waals surface area contributed by atoms with Gasteiger partial charge >= 0.3 is 0 Å². The zero-order valence-electron chi connectivity index (χ0n) is 15.6. The first-order chi connectivity index (χ1) is 13.1. The van der Waals surface area contributed by atoms with Gasteiger partial charge in [0, 0.05) is 44.0 Å². The highest BCUT2D eigenvalue weighted by Gasteiger charge is 2.23. The van der Waals surface area contributed by atoms with Crippen molar-refractivity contribution in [1.82, 2.24) is 19.8 Å². The Morgan fingerprint density at radius 3 is 2.67 bits per heavy atom. The van der Waals surface area contributed by atoms with E-state index in [0.717, 1.165) is 44.2 Å². The van der Waals surface area contributed by atoms with Crippen molar-refractivity contribution in [2.45, 2.75) is 13.8 Å². The van der Waals surface area contributed by atoms with Crippen LogP contribution in [0.15, 0.2) is 24.3 Å². The molecule has 1 saturated heterocycles. The number of fused-ring (bicyclic) bond motifs is 1. The molecular weight excluding hydrogens is 346 g/mol. The predicted molar refractivity (Wildman–Crippen MR) is 101 cm³/mol. The van der Waals surface area contributed by atoms with Crippen LogP contribution in [0.3, 0.4) is 0 Å². The van der Waals surface area contributed by atoms with Crippen LogP contribution in [0.1, 0.15) is 23.2 Å². The van der Waals surface area contributed by atoms with Crippen LogP contribution in [0.2, 0.25) is 0 Å². The number of nitrogens with zero attached hydrogens (tertiary/aromatic N) is 4. The summed E-state index contributed by atoms with van der Waals surface area (Å²) in [6.07, 6.45) is 0. The Balaban J connectivity index is 1.50. The topological polar surface area (TPSA) is 79.8 Å². The molecule has 2 aliphatic rings. The second-order valence-corrected chi connectivity index (χ2v) is 6.61. The number of nitrogens with one attached hydrogen (secondary N) is 1. The van der Waals surface area contributed by atoms with Crippen molar-refractivity contribution in [3.63, 3.8) is 0 Å². The third-order valence-corrected chi connectivity index (χ3v) is 4.81. The predicted octanol–water partition coefficient (Wildman–Crippen LogP) is 2.04. The second-order valence-electron chi connectivity index (χ2n) is 6.61. The first-order valence-electron chi connectivity index (χ1n) is 9.16. The van der Waals surface area contributed by atoms with Crippen molar-refractivity contribution in [3.05, 3.63) is 35.8 Å². The lowest BCUT2D eigenvalue weighted by atomic mass is 10.2. The Bertz CT molecular complexity index is 849. The first-order valence-corrected chi connectivity index (χ1v) is 9.16. The van der Waals surface area contributed by atoms with Gasteiger partial charge < -0.3 is 24.6 Å². The minimum Gasteiger partial charge on any atom is -0.454 e. The molecule has 8 nitrogen and oxygen atoms in total. The van der Waals surface area contributed by atoms with Crippen molar-refractivity contribution < 1.29 is 14.3 Å². The zero-order valence-corrected chi connectivity index (χ0v) is 15.6. The molecule has 142 valence electrons. The van der Waals surface area contributed by atoms with E-state index in [1.807, 2.05) is 23.1 Å². The SMILES string of the molecule is CCN1CCN(C(=O)c2cc(Nc3ccc4c(c3)OCO4)nc(C)n2)CC1. The zero-order chi connectivity index (χ0) is 18.8. The maximum atomic E-state index is 12.9. The summed E-state index contributed by atoms with van der Waals surface area (Å²) in [6, 6.07) is 7.28. The van der Waals surface area contributed by atoms with Gasteiger partial charge in [0.1, 0.15) is 17.3 Å². The Morgan fingerprint density at radius 1 is 1.11 bits per heavy atom. The molecule has 2 aliphatic heterocycles. The van der Waals surface area contributed by atoms with Gasteiger partial charge in [0.25, 0.3) is 5.91 Å². The summed E-state index contributed by atoms with van der Waals surface area (Å²) < 4.78 is 10.7. The fourth-order valence-corrected chi connectivity index (χ4v) is 3.29. The van der Waals surface area contributed by atoms with E-state index in [1.165, 1.54) is 0 Å². The van der Waals surface area contributed by atoms with E-state index in [1.54, 1.807) is 13.0 Å². The van der Waals surface area contributed by atoms with Crippen molar-refractivity contribution >= 4 is 17.4 Å². The molecule has 1 fully saturated rings. The molecule has 0 bridgehead atoms. The van der Waals surface area contributed by atoms with Gasteiger partial charge in [0.2, 0.25) is 6.79 Å². The van der Waals surface area contributed by atoms with Crippen LogP contribution in [0.4, 0.5) is 11.5 Å². The lowest BCUT2D eigenvalue weighted by Crippen LogP contribution is -2.48. The monoisotopic (exact) mass is 369 g/mol. The van der Waals surface area contributed by atoms with Gasteiger partial charge in [-0.3, -0.25) is 4.79 Å². The molecule has 1 aromatic carbocycles. The molecule has 0 radical (unpaired) electrons. The Hall–Kier alpha value is -2.87.